The molecule has 3 N–H and O–H groups in total. The van der Waals surface area contributed by atoms with Gasteiger partial charge >= 0.3 is 6.18 Å². The van der Waals surface area contributed by atoms with E-state index in [4.69, 9.17) is 5.73 Å². The van der Waals surface area contributed by atoms with Gasteiger partial charge < -0.3 is 20.9 Å². The highest BCUT2D eigenvalue weighted by Gasteiger charge is 2.33. The first-order chi connectivity index (χ1) is 11.3. The van der Waals surface area contributed by atoms with Gasteiger partial charge in [0.15, 0.2) is 0 Å². The van der Waals surface area contributed by atoms with Crippen LogP contribution in [0.5, 0.6) is 0 Å². The van der Waals surface area contributed by atoms with E-state index in [-0.39, 0.29) is 23.7 Å². The number of anilines is 2. The van der Waals surface area contributed by atoms with Crippen LogP contribution in [-0.2, 0) is 11.0 Å². The maximum absolute atomic E-state index is 12.8. The van der Waals surface area contributed by atoms with Crippen molar-refractivity contribution in [2.45, 2.75) is 19.0 Å². The van der Waals surface area contributed by atoms with E-state index in [1.165, 1.54) is 6.07 Å². The van der Waals surface area contributed by atoms with Crippen LogP contribution < -0.4 is 11.1 Å². The van der Waals surface area contributed by atoms with Crippen LogP contribution in [0.25, 0.3) is 0 Å². The molecule has 1 aliphatic heterocycles. The molecular weight excluding hydrogens is 321 g/mol. The number of nitrogens with one attached hydrogen (secondary N) is 1. The van der Waals surface area contributed by atoms with E-state index in [1.807, 2.05) is 0 Å². The summed E-state index contributed by atoms with van der Waals surface area (Å²) in [7, 11) is 2.08. The second kappa shape index (κ2) is 7.85. The molecule has 0 aromatic heterocycles. The largest absolute Gasteiger partial charge is 0.418 e. The third-order valence-corrected chi connectivity index (χ3v) is 4.12. The van der Waals surface area contributed by atoms with Gasteiger partial charge in [-0.15, -0.1) is 0 Å². The molecule has 1 aliphatic rings. The molecule has 0 bridgehead atoms. The van der Waals surface area contributed by atoms with Gasteiger partial charge in [-0.3, -0.25) is 4.79 Å². The summed E-state index contributed by atoms with van der Waals surface area (Å²) in [5, 5.41) is 2.51. The van der Waals surface area contributed by atoms with Crippen LogP contribution in [0.2, 0.25) is 0 Å². The van der Waals surface area contributed by atoms with Gasteiger partial charge in [0, 0.05) is 44.0 Å². The molecule has 134 valence electrons. The molecule has 0 atom stereocenters. The van der Waals surface area contributed by atoms with Crippen molar-refractivity contribution in [1.82, 2.24) is 9.80 Å². The monoisotopic (exact) mass is 344 g/mol. The van der Waals surface area contributed by atoms with E-state index >= 15 is 0 Å². The summed E-state index contributed by atoms with van der Waals surface area (Å²) in [6.07, 6.45) is -3.58. The molecule has 1 aromatic carbocycles. The minimum atomic E-state index is -4.54. The van der Waals surface area contributed by atoms with Crippen LogP contribution in [0.15, 0.2) is 18.2 Å². The number of carbonyl (C=O) groups excluding carboxylic acids is 1. The van der Waals surface area contributed by atoms with E-state index < -0.39 is 11.7 Å². The summed E-state index contributed by atoms with van der Waals surface area (Å²) in [6, 6.07) is 3.40. The summed E-state index contributed by atoms with van der Waals surface area (Å²) in [5.74, 6) is -0.290. The summed E-state index contributed by atoms with van der Waals surface area (Å²) in [5.41, 5.74) is 4.17. The summed E-state index contributed by atoms with van der Waals surface area (Å²) in [6.45, 7) is 4.79. The molecule has 8 heteroatoms. The maximum Gasteiger partial charge on any atom is 0.418 e. The molecule has 5 nitrogen and oxygen atoms in total. The number of benzene rings is 1. The van der Waals surface area contributed by atoms with Crippen LogP contribution in [0.4, 0.5) is 24.5 Å². The molecule has 1 saturated heterocycles. The fourth-order valence-electron chi connectivity index (χ4n) is 2.64. The number of nitrogen functional groups attached to an aromatic ring is 1. The Bertz CT molecular complexity index is 569. The Morgan fingerprint density at radius 2 is 1.92 bits per heavy atom. The average molecular weight is 344 g/mol. The Hall–Kier alpha value is -1.80. The normalized spacial score (nSPS) is 17.0. The second-order valence-corrected chi connectivity index (χ2v) is 6.10. The van der Waals surface area contributed by atoms with Crippen LogP contribution >= 0.6 is 0 Å². The average Bonchev–Trinajstić information content (AvgIpc) is 2.50. The number of amides is 1. The first-order valence-corrected chi connectivity index (χ1v) is 7.93. The molecule has 0 aliphatic carbocycles. The molecule has 0 saturated carbocycles. The number of alkyl halides is 3. The smallest absolute Gasteiger partial charge is 0.398 e. The first-order valence-electron chi connectivity index (χ1n) is 7.93. The van der Waals surface area contributed by atoms with Crippen LogP contribution in [0.1, 0.15) is 18.4 Å². The SMILES string of the molecule is CN1CCN(CCCC(=O)Nc2ccc(N)c(C(F)(F)F)c2)CC1. The van der Waals surface area contributed by atoms with Gasteiger partial charge in [-0.05, 0) is 38.2 Å². The molecule has 24 heavy (non-hydrogen) atoms. The van der Waals surface area contributed by atoms with Gasteiger partial charge in [-0.2, -0.15) is 13.2 Å². The van der Waals surface area contributed by atoms with E-state index in [9.17, 15) is 18.0 Å². The van der Waals surface area contributed by atoms with Crippen molar-refractivity contribution in [2.75, 3.05) is 50.8 Å². The number of rotatable bonds is 5. The van der Waals surface area contributed by atoms with E-state index in [2.05, 4.69) is 22.2 Å². The van der Waals surface area contributed by atoms with Gasteiger partial charge in [-0.1, -0.05) is 0 Å². The lowest BCUT2D eigenvalue weighted by Gasteiger charge is -2.32. The molecule has 1 amide bonds. The Kier molecular flexibility index (Phi) is 6.06. The molecule has 0 radical (unpaired) electrons. The van der Waals surface area contributed by atoms with Crippen molar-refractivity contribution < 1.29 is 18.0 Å². The molecular formula is C16H23F3N4O. The van der Waals surface area contributed by atoms with Gasteiger partial charge in [0.1, 0.15) is 0 Å². The number of hydrogen-bond acceptors (Lipinski definition) is 4. The quantitative estimate of drug-likeness (QED) is 0.805. The van der Waals surface area contributed by atoms with Crippen molar-refractivity contribution >= 4 is 17.3 Å². The molecule has 1 heterocycles. The molecule has 2 rings (SSSR count). The summed E-state index contributed by atoms with van der Waals surface area (Å²) >= 11 is 0. The summed E-state index contributed by atoms with van der Waals surface area (Å²) < 4.78 is 38.4. The molecule has 0 unspecified atom stereocenters. The third-order valence-electron chi connectivity index (χ3n) is 4.12. The minimum absolute atomic E-state index is 0.112. The Balaban J connectivity index is 1.80. The number of hydrogen-bond donors (Lipinski definition) is 2. The topological polar surface area (TPSA) is 61.6 Å². The first kappa shape index (κ1) is 18.5. The predicted octanol–water partition coefficient (Wildman–Crippen LogP) is 2.25. The Labute approximate surface area is 139 Å². The van der Waals surface area contributed by atoms with Crippen molar-refractivity contribution in [3.63, 3.8) is 0 Å². The number of nitrogens with zero attached hydrogens (tertiary/aromatic N) is 2. The Morgan fingerprint density at radius 3 is 2.54 bits per heavy atom. The van der Waals surface area contributed by atoms with Crippen molar-refractivity contribution in [3.05, 3.63) is 23.8 Å². The van der Waals surface area contributed by atoms with E-state index in [0.29, 0.717) is 6.42 Å². The zero-order valence-electron chi connectivity index (χ0n) is 13.7. The molecule has 1 aromatic rings. The highest BCUT2D eigenvalue weighted by molar-refractivity contribution is 5.91. The fraction of sp³-hybridized carbons (Fsp3) is 0.562. The second-order valence-electron chi connectivity index (χ2n) is 6.10. The number of halogens is 3. The highest BCUT2D eigenvalue weighted by atomic mass is 19.4. The van der Waals surface area contributed by atoms with Crippen LogP contribution in [0, 0.1) is 0 Å². The zero-order valence-corrected chi connectivity index (χ0v) is 13.7. The third kappa shape index (κ3) is 5.38. The molecule has 0 spiro atoms. The predicted molar refractivity (Wildman–Crippen MR) is 87.7 cm³/mol. The van der Waals surface area contributed by atoms with E-state index in [1.54, 1.807) is 0 Å². The van der Waals surface area contributed by atoms with Crippen LogP contribution in [-0.4, -0.2) is 55.5 Å². The fourth-order valence-corrected chi connectivity index (χ4v) is 2.64. The zero-order chi connectivity index (χ0) is 17.7. The Morgan fingerprint density at radius 1 is 1.25 bits per heavy atom. The lowest BCUT2D eigenvalue weighted by Crippen LogP contribution is -2.44. The minimum Gasteiger partial charge on any atom is -0.398 e. The lowest BCUT2D eigenvalue weighted by atomic mass is 10.1. The van der Waals surface area contributed by atoms with Gasteiger partial charge in [0.25, 0.3) is 0 Å². The lowest BCUT2D eigenvalue weighted by molar-refractivity contribution is -0.136. The maximum atomic E-state index is 12.8. The van der Waals surface area contributed by atoms with Crippen molar-refractivity contribution in [2.24, 2.45) is 0 Å². The number of nitrogens with two attached hydrogens (primary N) is 1. The number of carbonyl (C=O) groups is 1. The van der Waals surface area contributed by atoms with Crippen LogP contribution in [0.3, 0.4) is 0 Å². The standard InChI is InChI=1S/C16H23F3N4O/c1-22-7-9-23(10-8-22)6-2-3-15(24)21-12-4-5-14(20)13(11-12)16(17,18)19/h4-5,11H,2-3,6-10,20H2,1H3,(H,21,24). The van der Waals surface area contributed by atoms with Gasteiger partial charge in [0.05, 0.1) is 5.56 Å². The highest BCUT2D eigenvalue weighted by Crippen LogP contribution is 2.35. The van der Waals surface area contributed by atoms with Crippen molar-refractivity contribution in [1.29, 1.82) is 0 Å². The van der Waals surface area contributed by atoms with Gasteiger partial charge in [0.2, 0.25) is 5.91 Å². The number of likely N-dealkylation sites (N-methyl/N-ethyl adjacent to an activating group) is 1. The summed E-state index contributed by atoms with van der Waals surface area (Å²) in [4.78, 5) is 16.4. The number of piperazine rings is 1. The van der Waals surface area contributed by atoms with Crippen molar-refractivity contribution in [3.8, 4) is 0 Å². The van der Waals surface area contributed by atoms with Gasteiger partial charge in [-0.25, -0.2) is 0 Å². The molecule has 1 fully saturated rings. The van der Waals surface area contributed by atoms with E-state index in [0.717, 1.165) is 44.9 Å².